The molecule has 13 heteroatoms. The number of aryl methyl sites for hydroxylation is 1. The number of rotatable bonds is 5. The molecule has 0 N–H and O–H groups in total. The highest BCUT2D eigenvalue weighted by molar-refractivity contribution is 6.34. The van der Waals surface area contributed by atoms with Crippen molar-refractivity contribution in [1.82, 2.24) is 38.6 Å². The Morgan fingerprint density at radius 3 is 2.38 bits per heavy atom. The van der Waals surface area contributed by atoms with Crippen molar-refractivity contribution in [3.63, 3.8) is 0 Å². The van der Waals surface area contributed by atoms with Crippen molar-refractivity contribution >= 4 is 40.3 Å². The predicted octanol–water partition coefficient (Wildman–Crippen LogP) is 1.67. The van der Waals surface area contributed by atoms with Crippen LogP contribution in [0.3, 0.4) is 0 Å². The standard InChI is InChI=1S/C24H25Cl2N9O2/c1-4-5-6-34-20-21(30(2)24(37)31(3)22(20)36)27-23(34)33-9-7-32(8-10-33)14-18-15-35(29-28-18)19-12-16(25)11-17(26)13-19/h11-13,15H,6-10,14H2,1-3H3. The molecular formula is C24H25Cl2N9O2. The maximum Gasteiger partial charge on any atom is 0.332 e. The normalized spacial score (nSPS) is 14.2. The molecule has 0 bridgehead atoms. The first-order valence-corrected chi connectivity index (χ1v) is 12.4. The van der Waals surface area contributed by atoms with Gasteiger partial charge in [-0.05, 0) is 25.1 Å². The van der Waals surface area contributed by atoms with Gasteiger partial charge in [0.1, 0.15) is 0 Å². The van der Waals surface area contributed by atoms with E-state index in [1.165, 1.54) is 11.6 Å². The lowest BCUT2D eigenvalue weighted by Crippen LogP contribution is -2.47. The van der Waals surface area contributed by atoms with Gasteiger partial charge in [0.25, 0.3) is 5.56 Å². The van der Waals surface area contributed by atoms with E-state index in [9.17, 15) is 9.59 Å². The van der Waals surface area contributed by atoms with Gasteiger partial charge in [-0.25, -0.2) is 9.48 Å². The van der Waals surface area contributed by atoms with Gasteiger partial charge in [0.05, 0.1) is 24.1 Å². The summed E-state index contributed by atoms with van der Waals surface area (Å²) in [6.45, 7) is 5.60. The van der Waals surface area contributed by atoms with Gasteiger partial charge in [-0.15, -0.1) is 11.0 Å². The Morgan fingerprint density at radius 1 is 1.00 bits per heavy atom. The lowest BCUT2D eigenvalue weighted by atomic mass is 10.3. The summed E-state index contributed by atoms with van der Waals surface area (Å²) in [5.74, 6) is 6.55. The average molecular weight is 542 g/mol. The molecule has 1 aliphatic rings. The number of hydrogen-bond donors (Lipinski definition) is 0. The largest absolute Gasteiger partial charge is 0.340 e. The van der Waals surface area contributed by atoms with E-state index in [-0.39, 0.29) is 5.56 Å². The minimum Gasteiger partial charge on any atom is -0.340 e. The maximum atomic E-state index is 13.0. The molecule has 3 aromatic heterocycles. The van der Waals surface area contributed by atoms with E-state index in [1.807, 2.05) is 10.8 Å². The molecule has 1 saturated heterocycles. The number of hydrogen-bond acceptors (Lipinski definition) is 7. The van der Waals surface area contributed by atoms with Gasteiger partial charge in [-0.1, -0.05) is 34.3 Å². The van der Waals surface area contributed by atoms with Crippen LogP contribution in [0, 0.1) is 11.8 Å². The molecule has 192 valence electrons. The third-order valence-electron chi connectivity index (χ3n) is 6.44. The molecule has 11 nitrogen and oxygen atoms in total. The Hall–Kier alpha value is -3.59. The molecule has 0 unspecified atom stereocenters. The number of halogens is 2. The lowest BCUT2D eigenvalue weighted by Gasteiger charge is -2.34. The minimum absolute atomic E-state index is 0.312. The quantitative estimate of drug-likeness (QED) is 0.354. The first-order valence-electron chi connectivity index (χ1n) is 11.7. The molecule has 0 spiro atoms. The summed E-state index contributed by atoms with van der Waals surface area (Å²) in [4.78, 5) is 34.5. The smallest absolute Gasteiger partial charge is 0.332 e. The van der Waals surface area contributed by atoms with E-state index in [2.05, 4.69) is 32.0 Å². The van der Waals surface area contributed by atoms with Crippen molar-refractivity contribution < 1.29 is 0 Å². The summed E-state index contributed by atoms with van der Waals surface area (Å²) < 4.78 is 5.98. The molecule has 1 aliphatic heterocycles. The molecule has 0 saturated carbocycles. The molecule has 5 rings (SSSR count). The van der Waals surface area contributed by atoms with E-state index >= 15 is 0 Å². The Balaban J connectivity index is 1.35. The third kappa shape index (κ3) is 4.75. The van der Waals surface area contributed by atoms with Gasteiger partial charge < -0.3 is 4.90 Å². The Labute approximate surface area is 222 Å². The molecule has 0 aliphatic carbocycles. The van der Waals surface area contributed by atoms with Crippen molar-refractivity contribution in [3.8, 4) is 17.5 Å². The van der Waals surface area contributed by atoms with Crippen LogP contribution in [0.2, 0.25) is 10.0 Å². The van der Waals surface area contributed by atoms with Crippen LogP contribution in [0.1, 0.15) is 12.6 Å². The van der Waals surface area contributed by atoms with Gasteiger partial charge in [-0.3, -0.25) is 23.4 Å². The fraction of sp³-hybridized carbons (Fsp3) is 0.375. The second kappa shape index (κ2) is 10.0. The molecule has 1 aromatic carbocycles. The highest BCUT2D eigenvalue weighted by atomic mass is 35.5. The molecule has 1 fully saturated rings. The van der Waals surface area contributed by atoms with Crippen LogP contribution in [-0.4, -0.2) is 64.8 Å². The minimum atomic E-state index is -0.409. The van der Waals surface area contributed by atoms with Crippen molar-refractivity contribution in [2.75, 3.05) is 31.1 Å². The van der Waals surface area contributed by atoms with Crippen molar-refractivity contribution in [2.45, 2.75) is 20.0 Å². The highest BCUT2D eigenvalue weighted by Gasteiger charge is 2.25. The predicted molar refractivity (Wildman–Crippen MR) is 143 cm³/mol. The zero-order valence-electron chi connectivity index (χ0n) is 20.6. The van der Waals surface area contributed by atoms with Gasteiger partial charge >= 0.3 is 5.69 Å². The van der Waals surface area contributed by atoms with Crippen LogP contribution in [0.25, 0.3) is 16.9 Å². The summed E-state index contributed by atoms with van der Waals surface area (Å²) in [7, 11) is 3.10. The Kier molecular flexibility index (Phi) is 6.81. The topological polar surface area (TPSA) is 99.0 Å². The SMILES string of the molecule is CC#CCn1c(N2CCN(Cc3cn(-c4cc(Cl)cc(Cl)c4)nn3)CC2)nc2c1c(=O)n(C)c(=O)n2C. The molecule has 4 aromatic rings. The Bertz CT molecular complexity index is 1640. The van der Waals surface area contributed by atoms with Crippen LogP contribution in [0.5, 0.6) is 0 Å². The highest BCUT2D eigenvalue weighted by Crippen LogP contribution is 2.23. The third-order valence-corrected chi connectivity index (χ3v) is 6.87. The first-order chi connectivity index (χ1) is 17.8. The number of imidazole rings is 1. The first kappa shape index (κ1) is 25.1. The van der Waals surface area contributed by atoms with Gasteiger partial charge in [0.15, 0.2) is 11.2 Å². The average Bonchev–Trinajstić information content (AvgIpc) is 3.50. The molecule has 0 radical (unpaired) electrons. The summed E-state index contributed by atoms with van der Waals surface area (Å²) in [6.07, 6.45) is 1.87. The van der Waals surface area contributed by atoms with Gasteiger partial charge in [0.2, 0.25) is 5.95 Å². The maximum absolute atomic E-state index is 13.0. The zero-order valence-corrected chi connectivity index (χ0v) is 22.2. The lowest BCUT2D eigenvalue weighted by molar-refractivity contribution is 0.245. The summed E-state index contributed by atoms with van der Waals surface area (Å²) in [6, 6.07) is 5.23. The number of fused-ring (bicyclic) bond motifs is 1. The van der Waals surface area contributed by atoms with Gasteiger partial charge in [-0.2, -0.15) is 4.98 Å². The number of aromatic nitrogens is 7. The van der Waals surface area contributed by atoms with E-state index in [4.69, 9.17) is 28.2 Å². The number of benzene rings is 1. The van der Waals surface area contributed by atoms with Crippen LogP contribution in [0.15, 0.2) is 34.0 Å². The van der Waals surface area contributed by atoms with E-state index in [1.54, 1.807) is 36.9 Å². The summed E-state index contributed by atoms with van der Waals surface area (Å²) in [5.41, 5.74) is 1.53. The number of nitrogens with zero attached hydrogens (tertiary/aromatic N) is 9. The molecule has 37 heavy (non-hydrogen) atoms. The van der Waals surface area contributed by atoms with Crippen molar-refractivity contribution in [1.29, 1.82) is 0 Å². The number of piperazine rings is 1. The van der Waals surface area contributed by atoms with Crippen LogP contribution in [0.4, 0.5) is 5.95 Å². The van der Waals surface area contributed by atoms with E-state index in [0.717, 1.165) is 29.0 Å². The fourth-order valence-corrected chi connectivity index (χ4v) is 5.00. The Morgan fingerprint density at radius 2 is 1.70 bits per heavy atom. The molecular weight excluding hydrogens is 517 g/mol. The number of anilines is 1. The van der Waals surface area contributed by atoms with Crippen LogP contribution >= 0.6 is 23.2 Å². The molecule has 0 atom stereocenters. The second-order valence-corrected chi connectivity index (χ2v) is 9.72. The molecule has 4 heterocycles. The van der Waals surface area contributed by atoms with Crippen LogP contribution in [-0.2, 0) is 27.2 Å². The van der Waals surface area contributed by atoms with Gasteiger partial charge in [0, 0.05) is 56.9 Å². The van der Waals surface area contributed by atoms with E-state index in [0.29, 0.717) is 53.3 Å². The molecule has 0 amide bonds. The monoisotopic (exact) mass is 541 g/mol. The van der Waals surface area contributed by atoms with Crippen LogP contribution < -0.4 is 16.1 Å². The van der Waals surface area contributed by atoms with Crippen molar-refractivity contribution in [3.05, 3.63) is 61.0 Å². The summed E-state index contributed by atoms with van der Waals surface area (Å²) in [5, 5.41) is 9.59. The fourth-order valence-electron chi connectivity index (χ4n) is 4.49. The zero-order chi connectivity index (χ0) is 26.3. The summed E-state index contributed by atoms with van der Waals surface area (Å²) >= 11 is 12.2. The van der Waals surface area contributed by atoms with E-state index < -0.39 is 5.69 Å². The van der Waals surface area contributed by atoms with Crippen molar-refractivity contribution in [2.24, 2.45) is 14.1 Å². The second-order valence-electron chi connectivity index (χ2n) is 8.85.